The van der Waals surface area contributed by atoms with Gasteiger partial charge in [0, 0.05) is 20.3 Å². The lowest BCUT2D eigenvalue weighted by Crippen LogP contribution is -2.36. The summed E-state index contributed by atoms with van der Waals surface area (Å²) in [7, 11) is 2.07. The molecule has 2 atom stereocenters. The lowest BCUT2D eigenvalue weighted by molar-refractivity contribution is -0.139. The second kappa shape index (κ2) is 12.6. The largest absolute Gasteiger partial charge is 0.365 e. The van der Waals surface area contributed by atoms with Gasteiger partial charge in [-0.2, -0.15) is 0 Å². The van der Waals surface area contributed by atoms with Gasteiger partial charge in [-0.3, -0.25) is 9.59 Å². The topological polar surface area (TPSA) is 52.6 Å². The van der Waals surface area contributed by atoms with Gasteiger partial charge in [0.1, 0.15) is 11.6 Å². The smallest absolute Gasteiger partial charge is 0.143 e. The van der Waals surface area contributed by atoms with Crippen LogP contribution < -0.4 is 0 Å². The van der Waals surface area contributed by atoms with Crippen molar-refractivity contribution >= 4 is 30.4 Å². The third-order valence-electron chi connectivity index (χ3n) is 5.70. The molecule has 0 aliphatic heterocycles. The molecule has 27 heavy (non-hydrogen) atoms. The van der Waals surface area contributed by atoms with Crippen LogP contribution >= 0.6 is 18.9 Å². The van der Waals surface area contributed by atoms with Crippen LogP contribution in [0.5, 0.6) is 0 Å². The van der Waals surface area contributed by atoms with Crippen molar-refractivity contribution in [3.63, 3.8) is 0 Å². The Morgan fingerprint density at radius 3 is 1.52 bits per heavy atom. The molecule has 0 radical (unpaired) electrons. The molecule has 0 aromatic heterocycles. The van der Waals surface area contributed by atoms with Gasteiger partial charge in [-0.25, -0.2) is 0 Å². The predicted octanol–water partition coefficient (Wildman–Crippen LogP) is 6.18. The summed E-state index contributed by atoms with van der Waals surface area (Å²) in [5, 5.41) is 0. The van der Waals surface area contributed by atoms with Gasteiger partial charge in [0.05, 0.1) is 19.9 Å². The van der Waals surface area contributed by atoms with Crippen LogP contribution in [0, 0.1) is 16.2 Å². The molecule has 0 aromatic carbocycles. The molecule has 6 heteroatoms. The van der Waals surface area contributed by atoms with E-state index >= 15 is 0 Å². The van der Waals surface area contributed by atoms with Gasteiger partial charge in [-0.1, -0.05) is 53.4 Å². The summed E-state index contributed by atoms with van der Waals surface area (Å²) in [4.78, 5) is 24.9. The Morgan fingerprint density at radius 2 is 1.19 bits per heavy atom. The molecular formula is C21H44O4P2. The first-order valence-corrected chi connectivity index (χ1v) is 10.9. The van der Waals surface area contributed by atoms with Crippen LogP contribution in [-0.4, -0.2) is 26.1 Å². The molecular weight excluding hydrogens is 378 g/mol. The van der Waals surface area contributed by atoms with Crippen molar-refractivity contribution < 1.29 is 20.1 Å². The van der Waals surface area contributed by atoms with Crippen molar-refractivity contribution in [2.75, 3.05) is 13.2 Å². The molecule has 0 aliphatic rings. The minimum Gasteiger partial charge on any atom is -0.365 e. The van der Waals surface area contributed by atoms with E-state index in [1.165, 1.54) is 0 Å². The average Bonchev–Trinajstić information content (AvgIpc) is 2.58. The molecule has 0 heterocycles. The maximum absolute atomic E-state index is 12.4. The molecule has 0 spiro atoms. The molecule has 4 nitrogen and oxygen atoms in total. The Morgan fingerprint density at radius 1 is 0.815 bits per heavy atom. The second-order valence-electron chi connectivity index (χ2n) is 9.54. The van der Waals surface area contributed by atoms with E-state index in [0.29, 0.717) is 26.1 Å². The van der Waals surface area contributed by atoms with Crippen molar-refractivity contribution in [3.05, 3.63) is 0 Å². The number of rotatable bonds is 17. The van der Waals surface area contributed by atoms with Gasteiger partial charge >= 0.3 is 0 Å². The third kappa shape index (κ3) is 10.5. The number of hydrogen-bond donors (Lipinski definition) is 0. The summed E-state index contributed by atoms with van der Waals surface area (Å²) in [6, 6.07) is 0. The number of unbranched alkanes of at least 4 members (excludes halogenated alkanes) is 2. The number of carbonyl (C=O) groups excluding carboxylic acids is 2. The molecule has 0 fully saturated rings. The van der Waals surface area contributed by atoms with E-state index < -0.39 is 5.41 Å². The Balaban J connectivity index is 0. The van der Waals surface area contributed by atoms with Crippen LogP contribution in [-0.2, 0) is 18.6 Å². The summed E-state index contributed by atoms with van der Waals surface area (Å²) < 4.78 is 17.6. The van der Waals surface area contributed by atoms with Crippen LogP contribution in [0.2, 0.25) is 0 Å². The second-order valence-corrected chi connectivity index (χ2v) is 10.2. The summed E-state index contributed by atoms with van der Waals surface area (Å²) >= 11 is 0. The molecule has 0 saturated carbocycles. The standard InChI is InChI=1S/C21H42O4P2.H2/c1-17(22)21(18(2)23,13-9-7-11-19(3,4)15-24-26)14-10-8-12-20(5,6)16-25-27;/h7-16,26-27H2,1-6H3;1H/i26T;1+2. The highest BCUT2D eigenvalue weighted by molar-refractivity contribution is 7.10. The van der Waals surface area contributed by atoms with E-state index in [0.717, 1.165) is 38.5 Å². The van der Waals surface area contributed by atoms with E-state index in [2.05, 4.69) is 37.2 Å². The highest BCUT2D eigenvalue weighted by Crippen LogP contribution is 2.36. The van der Waals surface area contributed by atoms with Gasteiger partial charge in [-0.05, 0) is 50.4 Å². The van der Waals surface area contributed by atoms with Gasteiger partial charge in [0.2, 0.25) is 0 Å². The van der Waals surface area contributed by atoms with Gasteiger partial charge in [-0.15, -0.1) is 0 Å². The van der Waals surface area contributed by atoms with Crippen molar-refractivity contribution in [2.45, 2.75) is 92.9 Å². The van der Waals surface area contributed by atoms with Gasteiger partial charge in [0.25, 0.3) is 0 Å². The molecule has 0 N–H and O–H groups in total. The SMILES string of the molecule is [3HH].[3H]POCC(C)(C)CCCCC(CCCCC(C)(C)COP)(C(C)=O)C(C)=O. The summed E-state index contributed by atoms with van der Waals surface area (Å²) in [6.45, 7) is 13.0. The van der Waals surface area contributed by atoms with Crippen LogP contribution in [0.1, 0.15) is 94.3 Å². The average molecular weight is 427 g/mol. The first-order valence-electron chi connectivity index (χ1n) is 10.5. The van der Waals surface area contributed by atoms with Crippen molar-refractivity contribution in [1.82, 2.24) is 0 Å². The van der Waals surface area contributed by atoms with Crippen LogP contribution in [0.3, 0.4) is 0 Å². The summed E-state index contributed by atoms with van der Waals surface area (Å²) in [6.07, 6.45) is 6.93. The van der Waals surface area contributed by atoms with E-state index in [4.69, 9.17) is 10.3 Å². The number of ketones is 2. The highest BCUT2D eigenvalue weighted by Gasteiger charge is 2.39. The fourth-order valence-corrected chi connectivity index (χ4v) is 4.54. The van der Waals surface area contributed by atoms with Crippen molar-refractivity contribution in [1.29, 1.82) is 1.28 Å². The molecule has 2 unspecified atom stereocenters. The fraction of sp³-hybridized carbons (Fsp3) is 0.905. The quantitative estimate of drug-likeness (QED) is 0.158. The highest BCUT2D eigenvalue weighted by atomic mass is 31.0. The third-order valence-corrected chi connectivity index (χ3v) is 6.01. The van der Waals surface area contributed by atoms with E-state index in [1.807, 2.05) is 0 Å². The molecule has 0 saturated heterocycles. The fourth-order valence-electron chi connectivity index (χ4n) is 3.70. The Bertz CT molecular complexity index is 471. The predicted molar refractivity (Wildman–Crippen MR) is 122 cm³/mol. The molecule has 162 valence electrons. The minimum atomic E-state index is -0.829. The first kappa shape index (κ1) is 25.2. The molecule has 0 aromatic rings. The zero-order chi connectivity index (χ0) is 21.8. The Hall–Kier alpha value is 0.120. The number of Topliss-reactive ketones (excluding diaryl/α,β-unsaturated/α-hetero) is 2. The van der Waals surface area contributed by atoms with Crippen LogP contribution in [0.15, 0.2) is 0 Å². The molecule has 0 aliphatic carbocycles. The zero-order valence-corrected chi connectivity index (χ0v) is 20.4. The van der Waals surface area contributed by atoms with Crippen molar-refractivity contribution in [3.8, 4) is 0 Å². The van der Waals surface area contributed by atoms with Crippen LogP contribution in [0.25, 0.3) is 0 Å². The normalized spacial score (nSPS) is 14.0. The van der Waals surface area contributed by atoms with Gasteiger partial charge < -0.3 is 9.05 Å². The summed E-state index contributed by atoms with van der Waals surface area (Å²) in [5.41, 5.74) is -0.705. The minimum absolute atomic E-state index is 0. The maximum Gasteiger partial charge on any atom is 0.143 e. The zero-order valence-electron chi connectivity index (χ0n) is 19.3. The first-order chi connectivity index (χ1) is 12.9. The lowest BCUT2D eigenvalue weighted by atomic mass is 9.71. The lowest BCUT2D eigenvalue weighted by Gasteiger charge is -2.30. The molecule has 0 bridgehead atoms. The van der Waals surface area contributed by atoms with Gasteiger partial charge in [0.15, 0.2) is 0 Å². The Labute approximate surface area is 174 Å². The Kier molecular flexibility index (Phi) is 11.8. The monoisotopic (exact) mass is 426 g/mol. The molecule has 0 rings (SSSR count). The van der Waals surface area contributed by atoms with Crippen molar-refractivity contribution in [2.24, 2.45) is 16.2 Å². The van der Waals surface area contributed by atoms with E-state index in [-0.39, 0.29) is 33.2 Å². The number of carbonyl (C=O) groups is 2. The molecule has 0 amide bonds. The van der Waals surface area contributed by atoms with Crippen LogP contribution in [0.4, 0.5) is 0 Å². The van der Waals surface area contributed by atoms with E-state index in [9.17, 15) is 9.59 Å². The maximum atomic E-state index is 12.4. The number of hydrogen-bond acceptors (Lipinski definition) is 4. The summed E-state index contributed by atoms with van der Waals surface area (Å²) in [5.74, 6) is 0.0103. The van der Waals surface area contributed by atoms with E-state index in [1.54, 1.807) is 13.8 Å².